The first-order valence-corrected chi connectivity index (χ1v) is 8.92. The molecule has 3 rings (SSSR count). The number of nitrogens with one attached hydrogen (secondary N) is 1. The van der Waals surface area contributed by atoms with E-state index in [1.54, 1.807) is 6.33 Å². The van der Waals surface area contributed by atoms with Crippen LogP contribution in [0, 0.1) is 19.8 Å². The van der Waals surface area contributed by atoms with Crippen LogP contribution in [-0.2, 0) is 11.3 Å². The maximum absolute atomic E-state index is 5.40. The third-order valence-corrected chi connectivity index (χ3v) is 4.78. The van der Waals surface area contributed by atoms with E-state index in [4.69, 9.17) is 4.74 Å². The van der Waals surface area contributed by atoms with Crippen molar-refractivity contribution in [2.75, 3.05) is 44.7 Å². The SMILES string of the molecule is Cc1c(C)n(CC(C)C)c2ncnc(NCCN3CCOCC3)c12. The Morgan fingerprint density at radius 2 is 1.96 bits per heavy atom. The van der Waals surface area contributed by atoms with Crippen molar-refractivity contribution in [2.45, 2.75) is 34.2 Å². The maximum Gasteiger partial charge on any atom is 0.145 e. The normalized spacial score (nSPS) is 16.2. The van der Waals surface area contributed by atoms with Gasteiger partial charge in [0.05, 0.1) is 18.6 Å². The molecule has 0 aliphatic carbocycles. The largest absolute Gasteiger partial charge is 0.379 e. The van der Waals surface area contributed by atoms with Gasteiger partial charge in [0, 0.05) is 38.4 Å². The van der Waals surface area contributed by atoms with Gasteiger partial charge in [-0.25, -0.2) is 9.97 Å². The summed E-state index contributed by atoms with van der Waals surface area (Å²) in [5.41, 5.74) is 3.61. The molecule has 0 saturated carbocycles. The number of aryl methyl sites for hydroxylation is 1. The van der Waals surface area contributed by atoms with E-state index in [9.17, 15) is 0 Å². The van der Waals surface area contributed by atoms with E-state index in [1.807, 2.05) is 0 Å². The third kappa shape index (κ3) is 3.54. The summed E-state index contributed by atoms with van der Waals surface area (Å²) in [6.45, 7) is 15.4. The van der Waals surface area contributed by atoms with Crippen LogP contribution in [0.1, 0.15) is 25.1 Å². The van der Waals surface area contributed by atoms with Gasteiger partial charge in [-0.2, -0.15) is 0 Å². The zero-order chi connectivity index (χ0) is 17.1. The van der Waals surface area contributed by atoms with Gasteiger partial charge >= 0.3 is 0 Å². The molecule has 24 heavy (non-hydrogen) atoms. The van der Waals surface area contributed by atoms with Gasteiger partial charge in [0.1, 0.15) is 17.8 Å². The van der Waals surface area contributed by atoms with Crippen molar-refractivity contribution in [2.24, 2.45) is 5.92 Å². The quantitative estimate of drug-likeness (QED) is 0.881. The van der Waals surface area contributed by atoms with Crippen LogP contribution in [0.25, 0.3) is 11.0 Å². The van der Waals surface area contributed by atoms with Crippen LogP contribution >= 0.6 is 0 Å². The van der Waals surface area contributed by atoms with Gasteiger partial charge in [-0.15, -0.1) is 0 Å². The Morgan fingerprint density at radius 3 is 2.67 bits per heavy atom. The van der Waals surface area contributed by atoms with Crippen molar-refractivity contribution >= 4 is 16.9 Å². The minimum absolute atomic E-state index is 0.589. The second-order valence-corrected chi connectivity index (χ2v) is 7.02. The van der Waals surface area contributed by atoms with Crippen molar-refractivity contribution in [3.05, 3.63) is 17.6 Å². The molecule has 6 nitrogen and oxygen atoms in total. The van der Waals surface area contributed by atoms with Crippen LogP contribution in [0.5, 0.6) is 0 Å². The number of anilines is 1. The summed E-state index contributed by atoms with van der Waals surface area (Å²) in [6.07, 6.45) is 1.68. The van der Waals surface area contributed by atoms with Crippen LogP contribution in [0.2, 0.25) is 0 Å². The lowest BCUT2D eigenvalue weighted by atomic mass is 10.2. The Balaban J connectivity index is 1.78. The number of hydrogen-bond acceptors (Lipinski definition) is 5. The van der Waals surface area contributed by atoms with Gasteiger partial charge in [0.2, 0.25) is 0 Å². The van der Waals surface area contributed by atoms with Crippen molar-refractivity contribution < 1.29 is 4.74 Å². The Morgan fingerprint density at radius 1 is 1.21 bits per heavy atom. The second kappa shape index (κ2) is 7.49. The lowest BCUT2D eigenvalue weighted by Crippen LogP contribution is -2.39. The van der Waals surface area contributed by atoms with Gasteiger partial charge in [0.25, 0.3) is 0 Å². The summed E-state index contributed by atoms with van der Waals surface area (Å²) in [4.78, 5) is 11.5. The first-order valence-electron chi connectivity index (χ1n) is 8.92. The van der Waals surface area contributed by atoms with Crippen molar-refractivity contribution in [1.82, 2.24) is 19.4 Å². The van der Waals surface area contributed by atoms with Crippen molar-refractivity contribution in [3.8, 4) is 0 Å². The van der Waals surface area contributed by atoms with Crippen LogP contribution in [0.3, 0.4) is 0 Å². The molecule has 0 radical (unpaired) electrons. The number of hydrogen-bond donors (Lipinski definition) is 1. The predicted octanol–water partition coefficient (Wildman–Crippen LogP) is 2.45. The minimum atomic E-state index is 0.589. The molecule has 6 heteroatoms. The van der Waals surface area contributed by atoms with Crippen molar-refractivity contribution in [1.29, 1.82) is 0 Å². The molecule has 1 fully saturated rings. The lowest BCUT2D eigenvalue weighted by Gasteiger charge is -2.26. The number of rotatable bonds is 6. The second-order valence-electron chi connectivity index (χ2n) is 7.02. The summed E-state index contributed by atoms with van der Waals surface area (Å²) in [6, 6.07) is 0. The van der Waals surface area contributed by atoms with Gasteiger partial charge < -0.3 is 14.6 Å². The van der Waals surface area contributed by atoms with Gasteiger partial charge in [-0.05, 0) is 25.3 Å². The molecular weight excluding hydrogens is 302 g/mol. The highest BCUT2D eigenvalue weighted by atomic mass is 16.5. The number of ether oxygens (including phenoxy) is 1. The monoisotopic (exact) mass is 331 g/mol. The highest BCUT2D eigenvalue weighted by molar-refractivity contribution is 5.91. The van der Waals surface area contributed by atoms with E-state index >= 15 is 0 Å². The molecule has 2 aromatic rings. The molecule has 1 N–H and O–H groups in total. The van der Waals surface area contributed by atoms with Gasteiger partial charge in [0.15, 0.2) is 0 Å². The fraction of sp³-hybridized carbons (Fsp3) is 0.667. The predicted molar refractivity (Wildman–Crippen MR) is 97.6 cm³/mol. The summed E-state index contributed by atoms with van der Waals surface area (Å²) in [5, 5.41) is 4.69. The molecule has 132 valence electrons. The molecule has 0 unspecified atom stereocenters. The van der Waals surface area contributed by atoms with E-state index in [0.717, 1.165) is 62.8 Å². The average Bonchev–Trinajstić information content (AvgIpc) is 2.81. The van der Waals surface area contributed by atoms with Crippen molar-refractivity contribution in [3.63, 3.8) is 0 Å². The summed E-state index contributed by atoms with van der Waals surface area (Å²) in [7, 11) is 0. The number of aromatic nitrogens is 3. The molecule has 0 aromatic carbocycles. The Kier molecular flexibility index (Phi) is 5.36. The summed E-state index contributed by atoms with van der Waals surface area (Å²) < 4.78 is 7.72. The molecule has 0 atom stereocenters. The number of nitrogens with zero attached hydrogens (tertiary/aromatic N) is 4. The van der Waals surface area contributed by atoms with E-state index in [1.165, 1.54) is 11.3 Å². The molecule has 0 amide bonds. The summed E-state index contributed by atoms with van der Waals surface area (Å²) >= 11 is 0. The molecular formula is C18H29N5O. The molecule has 0 spiro atoms. The number of fused-ring (bicyclic) bond motifs is 1. The fourth-order valence-corrected chi connectivity index (χ4v) is 3.35. The van der Waals surface area contributed by atoms with Crippen LogP contribution in [0.15, 0.2) is 6.33 Å². The molecule has 1 aliphatic rings. The Labute approximate surface area is 144 Å². The van der Waals surface area contributed by atoms with E-state index in [0.29, 0.717) is 5.92 Å². The number of morpholine rings is 1. The molecule has 1 saturated heterocycles. The molecule has 2 aromatic heterocycles. The van der Waals surface area contributed by atoms with Crippen LogP contribution in [0.4, 0.5) is 5.82 Å². The summed E-state index contributed by atoms with van der Waals surface area (Å²) in [5.74, 6) is 1.54. The topological polar surface area (TPSA) is 55.2 Å². The van der Waals surface area contributed by atoms with E-state index < -0.39 is 0 Å². The van der Waals surface area contributed by atoms with E-state index in [-0.39, 0.29) is 0 Å². The molecule has 3 heterocycles. The van der Waals surface area contributed by atoms with Crippen LogP contribution < -0.4 is 5.32 Å². The minimum Gasteiger partial charge on any atom is -0.379 e. The standard InChI is InChI=1S/C18H29N5O/c1-13(2)11-23-15(4)14(3)16-17(20-12-21-18(16)23)19-5-6-22-7-9-24-10-8-22/h12-13H,5-11H2,1-4H3,(H,19,20,21). The van der Waals surface area contributed by atoms with Gasteiger partial charge in [-0.3, -0.25) is 4.90 Å². The maximum atomic E-state index is 5.40. The van der Waals surface area contributed by atoms with Gasteiger partial charge in [-0.1, -0.05) is 13.8 Å². The zero-order valence-corrected chi connectivity index (χ0v) is 15.3. The lowest BCUT2D eigenvalue weighted by molar-refractivity contribution is 0.0398. The Bertz CT molecular complexity index is 688. The smallest absolute Gasteiger partial charge is 0.145 e. The zero-order valence-electron chi connectivity index (χ0n) is 15.3. The highest BCUT2D eigenvalue weighted by Gasteiger charge is 2.17. The average molecular weight is 331 g/mol. The fourth-order valence-electron chi connectivity index (χ4n) is 3.35. The molecule has 1 aliphatic heterocycles. The highest BCUT2D eigenvalue weighted by Crippen LogP contribution is 2.29. The first kappa shape index (κ1) is 17.2. The van der Waals surface area contributed by atoms with E-state index in [2.05, 4.69) is 52.4 Å². The molecule has 0 bridgehead atoms. The Hall–Kier alpha value is -1.66. The third-order valence-electron chi connectivity index (χ3n) is 4.78. The van der Waals surface area contributed by atoms with Crippen LogP contribution in [-0.4, -0.2) is 58.8 Å². The first-order chi connectivity index (χ1) is 11.6.